The summed E-state index contributed by atoms with van der Waals surface area (Å²) < 4.78 is 1.37. The maximum absolute atomic E-state index is 13.2. The lowest BCUT2D eigenvalue weighted by molar-refractivity contribution is 0.0942. The van der Waals surface area contributed by atoms with E-state index in [9.17, 15) is 9.59 Å². The van der Waals surface area contributed by atoms with E-state index in [1.807, 2.05) is 55.5 Å². The Labute approximate surface area is 167 Å². The van der Waals surface area contributed by atoms with Gasteiger partial charge in [-0.05, 0) is 30.7 Å². The van der Waals surface area contributed by atoms with Gasteiger partial charge in [0.2, 0.25) is 0 Å². The van der Waals surface area contributed by atoms with E-state index in [2.05, 4.69) is 15.3 Å². The van der Waals surface area contributed by atoms with Gasteiger partial charge < -0.3 is 9.88 Å². The summed E-state index contributed by atoms with van der Waals surface area (Å²) in [6.07, 6.45) is 3.26. The van der Waals surface area contributed by atoms with Crippen molar-refractivity contribution in [2.45, 2.75) is 13.5 Å². The maximum atomic E-state index is 13.2. The fourth-order valence-corrected chi connectivity index (χ4v) is 3.37. The van der Waals surface area contributed by atoms with Crippen LogP contribution >= 0.6 is 0 Å². The molecule has 6 heteroatoms. The molecule has 0 aliphatic rings. The first-order chi connectivity index (χ1) is 14.1. The normalized spacial score (nSPS) is 10.8. The number of fused-ring (bicyclic) bond motifs is 1. The number of nitrogens with one attached hydrogen (secondary N) is 1. The third-order valence-corrected chi connectivity index (χ3v) is 4.87. The molecule has 0 radical (unpaired) electrons. The number of pyridine rings is 3. The third-order valence-electron chi connectivity index (χ3n) is 4.87. The summed E-state index contributed by atoms with van der Waals surface area (Å²) >= 11 is 0. The minimum absolute atomic E-state index is 0.270. The highest BCUT2D eigenvalue weighted by Crippen LogP contribution is 2.30. The Hall–Kier alpha value is -3.80. The lowest BCUT2D eigenvalue weighted by atomic mass is 9.97. The molecule has 29 heavy (non-hydrogen) atoms. The number of carbonyl (C=O) groups excluding carboxylic acids is 1. The second-order valence-corrected chi connectivity index (χ2v) is 6.86. The number of hydrogen-bond donors (Lipinski definition) is 1. The van der Waals surface area contributed by atoms with Crippen LogP contribution < -0.4 is 10.9 Å². The molecule has 0 aliphatic carbocycles. The summed E-state index contributed by atoms with van der Waals surface area (Å²) in [5.74, 6) is -0.336. The lowest BCUT2D eigenvalue weighted by Gasteiger charge is -2.17. The molecule has 1 N–H and O–H groups in total. The summed E-state index contributed by atoms with van der Waals surface area (Å²) in [4.78, 5) is 34.5. The zero-order chi connectivity index (χ0) is 20.4. The molecule has 0 saturated heterocycles. The van der Waals surface area contributed by atoms with E-state index < -0.39 is 0 Å². The summed E-state index contributed by atoms with van der Waals surface area (Å²) in [5, 5.41) is 3.54. The number of benzene rings is 1. The standard InChI is InChI=1S/C23H20N4O2/c1-15-8-10-16(11-9-15)19-18-7-5-13-25-20(18)23(29)27(2)21(19)22(28)26-14-17-6-3-4-12-24-17/h3-13H,14H2,1-2H3,(H,26,28). The SMILES string of the molecule is Cc1ccc(-c2c(C(=O)NCc3ccccn3)n(C)c(=O)c3ncccc23)cc1. The fourth-order valence-electron chi connectivity index (χ4n) is 3.37. The predicted molar refractivity (Wildman–Crippen MR) is 113 cm³/mol. The highest BCUT2D eigenvalue weighted by molar-refractivity contribution is 6.07. The Bertz CT molecular complexity index is 1250. The number of aromatic nitrogens is 3. The molecular weight excluding hydrogens is 364 g/mol. The Kier molecular flexibility index (Phi) is 4.91. The van der Waals surface area contributed by atoms with Gasteiger partial charge in [-0.3, -0.25) is 19.6 Å². The van der Waals surface area contributed by atoms with Crippen LogP contribution in [0.2, 0.25) is 0 Å². The lowest BCUT2D eigenvalue weighted by Crippen LogP contribution is -2.32. The monoisotopic (exact) mass is 384 g/mol. The predicted octanol–water partition coefficient (Wildman–Crippen LogP) is 3.23. The molecule has 0 aliphatic heterocycles. The molecule has 0 bridgehead atoms. The van der Waals surface area contributed by atoms with Gasteiger partial charge in [0.1, 0.15) is 11.2 Å². The van der Waals surface area contributed by atoms with Crippen LogP contribution in [0.5, 0.6) is 0 Å². The largest absolute Gasteiger partial charge is 0.345 e. The molecule has 3 aromatic heterocycles. The van der Waals surface area contributed by atoms with E-state index in [-0.39, 0.29) is 18.0 Å². The third kappa shape index (κ3) is 3.52. The van der Waals surface area contributed by atoms with E-state index in [0.717, 1.165) is 16.8 Å². The first-order valence-electron chi connectivity index (χ1n) is 9.29. The van der Waals surface area contributed by atoms with Crippen molar-refractivity contribution in [1.82, 2.24) is 19.9 Å². The minimum Gasteiger partial charge on any atom is -0.345 e. The fraction of sp³-hybridized carbons (Fsp3) is 0.130. The molecule has 4 rings (SSSR count). The van der Waals surface area contributed by atoms with Crippen molar-refractivity contribution in [3.63, 3.8) is 0 Å². The van der Waals surface area contributed by atoms with Crippen LogP contribution in [0.3, 0.4) is 0 Å². The van der Waals surface area contributed by atoms with E-state index in [0.29, 0.717) is 22.2 Å². The summed E-state index contributed by atoms with van der Waals surface area (Å²) in [6, 6.07) is 17.0. The van der Waals surface area contributed by atoms with Gasteiger partial charge in [0.25, 0.3) is 11.5 Å². The van der Waals surface area contributed by atoms with Crippen LogP contribution in [0.4, 0.5) is 0 Å². The van der Waals surface area contributed by atoms with Crippen LogP contribution in [0.1, 0.15) is 21.7 Å². The molecule has 0 unspecified atom stereocenters. The van der Waals surface area contributed by atoms with Crippen LogP contribution in [-0.2, 0) is 13.6 Å². The van der Waals surface area contributed by atoms with Crippen molar-refractivity contribution in [2.75, 3.05) is 0 Å². The van der Waals surface area contributed by atoms with Crippen molar-refractivity contribution in [3.8, 4) is 11.1 Å². The molecule has 1 amide bonds. The smallest absolute Gasteiger partial charge is 0.277 e. The molecule has 0 spiro atoms. The zero-order valence-corrected chi connectivity index (χ0v) is 16.2. The first-order valence-corrected chi connectivity index (χ1v) is 9.29. The van der Waals surface area contributed by atoms with Gasteiger partial charge in [0.15, 0.2) is 0 Å². The highest BCUT2D eigenvalue weighted by Gasteiger charge is 2.22. The van der Waals surface area contributed by atoms with Crippen LogP contribution in [0, 0.1) is 6.92 Å². The number of hydrogen-bond acceptors (Lipinski definition) is 4. The van der Waals surface area contributed by atoms with Crippen molar-refractivity contribution in [3.05, 3.63) is 94.3 Å². The van der Waals surface area contributed by atoms with E-state index in [1.165, 1.54) is 4.57 Å². The second kappa shape index (κ2) is 7.67. The van der Waals surface area contributed by atoms with E-state index in [1.54, 1.807) is 25.5 Å². The van der Waals surface area contributed by atoms with Gasteiger partial charge >= 0.3 is 0 Å². The Morgan fingerprint density at radius 1 is 1.00 bits per heavy atom. The van der Waals surface area contributed by atoms with Gasteiger partial charge in [0, 0.05) is 30.4 Å². The topological polar surface area (TPSA) is 76.9 Å². The Balaban J connectivity index is 1.89. The van der Waals surface area contributed by atoms with Crippen molar-refractivity contribution < 1.29 is 4.79 Å². The molecule has 0 atom stereocenters. The average Bonchev–Trinajstić information content (AvgIpc) is 2.76. The van der Waals surface area contributed by atoms with Crippen molar-refractivity contribution >= 4 is 16.8 Å². The van der Waals surface area contributed by atoms with Crippen molar-refractivity contribution in [2.24, 2.45) is 7.05 Å². The number of amides is 1. The number of aryl methyl sites for hydroxylation is 1. The number of rotatable bonds is 4. The average molecular weight is 384 g/mol. The molecule has 6 nitrogen and oxygen atoms in total. The Morgan fingerprint density at radius 3 is 2.48 bits per heavy atom. The second-order valence-electron chi connectivity index (χ2n) is 6.86. The number of carbonyl (C=O) groups is 1. The molecule has 4 aromatic rings. The number of nitrogens with zero attached hydrogens (tertiary/aromatic N) is 3. The molecule has 1 aromatic carbocycles. The Morgan fingerprint density at radius 2 is 1.76 bits per heavy atom. The van der Waals surface area contributed by atoms with Gasteiger partial charge in [-0.1, -0.05) is 42.0 Å². The molecule has 0 fully saturated rings. The summed E-state index contributed by atoms with van der Waals surface area (Å²) in [6.45, 7) is 2.27. The molecule has 0 saturated carbocycles. The molecule has 3 heterocycles. The first kappa shape index (κ1) is 18.6. The molecular formula is C23H20N4O2. The molecule has 144 valence electrons. The van der Waals surface area contributed by atoms with Gasteiger partial charge in [-0.25, -0.2) is 0 Å². The summed E-state index contributed by atoms with van der Waals surface area (Å²) in [7, 11) is 1.60. The maximum Gasteiger partial charge on any atom is 0.277 e. The van der Waals surface area contributed by atoms with Crippen LogP contribution in [-0.4, -0.2) is 20.4 Å². The highest BCUT2D eigenvalue weighted by atomic mass is 16.2. The minimum atomic E-state index is -0.336. The quantitative estimate of drug-likeness (QED) is 0.586. The van der Waals surface area contributed by atoms with Crippen LogP contribution in [0.25, 0.3) is 22.0 Å². The van der Waals surface area contributed by atoms with E-state index in [4.69, 9.17) is 0 Å². The van der Waals surface area contributed by atoms with Gasteiger partial charge in [-0.2, -0.15) is 0 Å². The van der Waals surface area contributed by atoms with Crippen molar-refractivity contribution in [1.29, 1.82) is 0 Å². The van der Waals surface area contributed by atoms with Crippen LogP contribution in [0.15, 0.2) is 71.8 Å². The zero-order valence-electron chi connectivity index (χ0n) is 16.2. The van der Waals surface area contributed by atoms with E-state index >= 15 is 0 Å². The van der Waals surface area contributed by atoms with Gasteiger partial charge in [-0.15, -0.1) is 0 Å². The summed E-state index contributed by atoms with van der Waals surface area (Å²) in [5.41, 5.74) is 3.73. The van der Waals surface area contributed by atoms with Gasteiger partial charge in [0.05, 0.1) is 12.2 Å².